The van der Waals surface area contributed by atoms with Crippen LogP contribution in [0.3, 0.4) is 0 Å². The van der Waals surface area contributed by atoms with Crippen LogP contribution in [-0.4, -0.2) is 128 Å². The van der Waals surface area contributed by atoms with E-state index >= 15 is 0 Å². The number of thiazole rings is 2. The predicted molar refractivity (Wildman–Crippen MR) is 385 cm³/mol. The predicted octanol–water partition coefficient (Wildman–Crippen LogP) is 12.9. The van der Waals surface area contributed by atoms with Gasteiger partial charge in [-0.15, -0.1) is 22.7 Å². The lowest BCUT2D eigenvalue weighted by Gasteiger charge is -1.79. The van der Waals surface area contributed by atoms with Crippen LogP contribution in [0.2, 0.25) is 0 Å². The molecule has 14 heterocycles. The van der Waals surface area contributed by atoms with Crippen molar-refractivity contribution in [3.8, 4) is 0 Å². The Morgan fingerprint density at radius 1 is 0.327 bits per heavy atom. The smallest absolute Gasteiger partial charge is 0.223 e. The quantitative estimate of drug-likeness (QED) is 0.136. The summed E-state index contributed by atoms with van der Waals surface area (Å²) in [6, 6.07) is 3.94. The monoisotopic (exact) mass is 1420 g/mol. The number of hydrogen-bond acceptors (Lipinski definition) is 28. The van der Waals surface area contributed by atoms with Gasteiger partial charge in [0.1, 0.15) is 58.5 Å². The van der Waals surface area contributed by atoms with Crippen molar-refractivity contribution in [2.24, 2.45) is 42.3 Å². The lowest BCUT2D eigenvalue weighted by Crippen LogP contribution is -1.86. The molecule has 14 aromatic rings. The zero-order valence-corrected chi connectivity index (χ0v) is 65.2. The molecule has 0 radical (unpaired) electrons. The van der Waals surface area contributed by atoms with E-state index in [1.54, 1.807) is 104 Å². The second-order valence-electron chi connectivity index (χ2n) is 21.0. The molecule has 0 atom stereocenters. The third-order valence-corrected chi connectivity index (χ3v) is 13.4. The molecule has 0 unspecified atom stereocenters. The van der Waals surface area contributed by atoms with E-state index in [2.05, 4.69) is 119 Å². The Morgan fingerprint density at radius 2 is 0.684 bits per heavy atom. The van der Waals surface area contributed by atoms with Gasteiger partial charge in [0.15, 0.2) is 23.4 Å². The van der Waals surface area contributed by atoms with Gasteiger partial charge in [-0.2, -0.15) is 49.3 Å². The minimum atomic E-state index is 0.623. The molecule has 0 amide bonds. The molecule has 34 heteroatoms. The van der Waals surface area contributed by atoms with E-state index in [-0.39, 0.29) is 0 Å². The Labute approximate surface area is 591 Å². The molecule has 0 N–H and O–H groups in total. The van der Waals surface area contributed by atoms with E-state index < -0.39 is 0 Å². The topological polar surface area (TPSA) is 340 Å². The van der Waals surface area contributed by atoms with Gasteiger partial charge >= 0.3 is 0 Å². The zero-order valence-electron chi connectivity index (χ0n) is 62.0. The summed E-state index contributed by atoms with van der Waals surface area (Å²) in [6.45, 7) is 42.0. The van der Waals surface area contributed by atoms with Gasteiger partial charge in [-0.05, 0) is 171 Å². The van der Waals surface area contributed by atoms with Crippen LogP contribution in [0.4, 0.5) is 0 Å². The van der Waals surface area contributed by atoms with Crippen LogP contribution < -0.4 is 0 Å². The summed E-state index contributed by atoms with van der Waals surface area (Å²) in [5, 5.41) is 39.3. The maximum absolute atomic E-state index is 4.85. The van der Waals surface area contributed by atoms with E-state index in [0.717, 1.165) is 89.3 Å². The molecule has 14 rings (SSSR count). The summed E-state index contributed by atoms with van der Waals surface area (Å²) in [5.41, 5.74) is 8.70. The third-order valence-electron chi connectivity index (χ3n) is 10.2. The Morgan fingerprint density at radius 3 is 0.755 bits per heavy atom. The maximum Gasteiger partial charge on any atom is 0.223 e. The summed E-state index contributed by atoms with van der Waals surface area (Å²) in [6.07, 6.45) is 18.1. The highest BCUT2D eigenvalue weighted by Gasteiger charge is 1.95. The summed E-state index contributed by atoms with van der Waals surface area (Å²) in [7, 11) is 11.3. The molecule has 0 spiro atoms. The summed E-state index contributed by atoms with van der Waals surface area (Å²) >= 11 is 6.27. The molecule has 14 aromatic heterocycles. The second kappa shape index (κ2) is 48.0. The Hall–Kier alpha value is -9.80. The maximum atomic E-state index is 4.85. The molecule has 0 aliphatic carbocycles. The Balaban J connectivity index is 0.000000528. The molecule has 0 bridgehead atoms. The van der Waals surface area contributed by atoms with Crippen molar-refractivity contribution < 1.29 is 17.9 Å². The fourth-order valence-corrected chi connectivity index (χ4v) is 8.67. The van der Waals surface area contributed by atoms with E-state index in [4.69, 9.17) is 8.83 Å². The molecular formula is C64H98N26O4S4. The van der Waals surface area contributed by atoms with Crippen LogP contribution in [-0.2, 0) is 42.3 Å². The number of hydrogen-bond donors (Lipinski definition) is 0. The van der Waals surface area contributed by atoms with Gasteiger partial charge in [0.2, 0.25) is 11.8 Å². The van der Waals surface area contributed by atoms with Crippen molar-refractivity contribution in [3.63, 3.8) is 0 Å². The van der Waals surface area contributed by atoms with Crippen molar-refractivity contribution in [1.29, 1.82) is 0 Å². The molecule has 0 saturated carbocycles. The third kappa shape index (κ3) is 46.3. The van der Waals surface area contributed by atoms with Crippen molar-refractivity contribution in [3.05, 3.63) is 209 Å². The second-order valence-corrected chi connectivity index (χ2v) is 25.1. The van der Waals surface area contributed by atoms with Crippen LogP contribution in [0.5, 0.6) is 0 Å². The highest BCUT2D eigenvalue weighted by molar-refractivity contribution is 7.09. The fourth-order valence-electron chi connectivity index (χ4n) is 6.53. The summed E-state index contributed by atoms with van der Waals surface area (Å²) < 4.78 is 37.3. The van der Waals surface area contributed by atoms with Gasteiger partial charge in [0.05, 0.1) is 45.2 Å². The Kier molecular flexibility index (Phi) is 42.2. The minimum absolute atomic E-state index is 0.623. The first-order valence-electron chi connectivity index (χ1n) is 30.1. The van der Waals surface area contributed by atoms with Crippen LogP contribution in [0, 0.1) is 152 Å². The van der Waals surface area contributed by atoms with Crippen LogP contribution in [0.25, 0.3) is 0 Å². The van der Waals surface area contributed by atoms with Crippen LogP contribution >= 0.6 is 45.7 Å². The Bertz CT molecular complexity index is 3000. The van der Waals surface area contributed by atoms with Gasteiger partial charge in [0, 0.05) is 117 Å². The van der Waals surface area contributed by atoms with Gasteiger partial charge in [-0.3, -0.25) is 28.1 Å². The van der Waals surface area contributed by atoms with E-state index in [1.807, 2.05) is 216 Å². The number of rotatable bonds is 0. The van der Waals surface area contributed by atoms with Crippen LogP contribution in [0.1, 0.15) is 124 Å². The molecule has 30 nitrogen and oxygen atoms in total. The SMILES string of the molecule is Cc1ccn(C)n1.Cc1ccn(C)n1.Cc1cnn(C)c1.Cc1cnn(C)c1.Cc1coc(C)n1.Cc1coc(C)n1.Cc1csc(C)n1.Cc1csc(C)n1.Cc1ncn(C)n1.Cc1ncn(C)n1.Cc1noc(C)n1.Cc1noc(C)n1.Cc1nsc(C)n1.Cc1nsc(C)n1. The van der Waals surface area contributed by atoms with Crippen LogP contribution in [0.15, 0.2) is 103 Å². The van der Waals surface area contributed by atoms with Crippen molar-refractivity contribution in [1.82, 2.24) is 128 Å². The molecule has 0 aromatic carbocycles. The lowest BCUT2D eigenvalue weighted by atomic mass is 10.4. The van der Waals surface area contributed by atoms with Gasteiger partial charge in [-0.1, -0.05) is 10.3 Å². The van der Waals surface area contributed by atoms with E-state index in [9.17, 15) is 0 Å². The number of aromatic nitrogens is 26. The highest BCUT2D eigenvalue weighted by Crippen LogP contribution is 2.06. The minimum Gasteiger partial charge on any atom is -0.449 e. The zero-order chi connectivity index (χ0) is 73.9. The molecule has 98 heavy (non-hydrogen) atoms. The van der Waals surface area contributed by atoms with Crippen molar-refractivity contribution >= 4 is 45.7 Å². The first-order chi connectivity index (χ1) is 46.0. The van der Waals surface area contributed by atoms with E-state index in [0.29, 0.717) is 23.4 Å². The normalized spacial score (nSPS) is 9.43. The molecule has 532 valence electrons. The van der Waals surface area contributed by atoms with Crippen molar-refractivity contribution in [2.75, 3.05) is 0 Å². The molecule has 0 aliphatic heterocycles. The number of aryl methyl sites for hydroxylation is 28. The first kappa shape index (κ1) is 86.2. The largest absolute Gasteiger partial charge is 0.449 e. The summed E-state index contributed by atoms with van der Waals surface area (Å²) in [5.74, 6) is 7.50. The lowest BCUT2D eigenvalue weighted by molar-refractivity contribution is 0.389. The van der Waals surface area contributed by atoms with Gasteiger partial charge in [0.25, 0.3) is 0 Å². The van der Waals surface area contributed by atoms with E-state index in [1.165, 1.54) is 34.2 Å². The first-order valence-corrected chi connectivity index (χ1v) is 33.4. The molecule has 0 fully saturated rings. The number of oxazole rings is 2. The van der Waals surface area contributed by atoms with Crippen molar-refractivity contribution in [2.45, 2.75) is 152 Å². The average molecular weight is 1420 g/mol. The van der Waals surface area contributed by atoms with Gasteiger partial charge < -0.3 is 17.9 Å². The van der Waals surface area contributed by atoms with Gasteiger partial charge in [-0.25, -0.2) is 39.9 Å². The fraction of sp³-hybridized carbons (Fsp3) is 0.438. The highest BCUT2D eigenvalue weighted by atomic mass is 32.1. The number of nitrogens with zero attached hydrogens (tertiary/aromatic N) is 26. The summed E-state index contributed by atoms with van der Waals surface area (Å²) in [4.78, 5) is 39.6. The standard InChI is InChI=1S/4C5H8N2.2C5H7NO.2C5H7NS.2C4H7N3.2C4H6N2O.2C4H6N2S/c2*1-5-3-6-7(2)4-5;2*1-5-3-4-7(2)6-5;4*1-4-3-7-5(2)6-4;2*1-4-5-3-7(2)6-4;4*1-3-5-4(2)7-6-3/h4*3-4H,1-2H3;6*3H,1-2H3;4*1-2H3. The average Bonchev–Trinajstić information content (AvgIpc) is 4.37. The molecular weight excluding hydrogens is 1330 g/mol. The molecule has 0 aliphatic rings. The molecule has 0 saturated heterocycles.